The number of carbonyl (C=O) groups is 1. The number of nitrogens with zero attached hydrogens (tertiary/aromatic N) is 5. The molecule has 0 radical (unpaired) electrons. The normalized spacial score (nSPS) is 25.9. The van der Waals surface area contributed by atoms with Crippen molar-refractivity contribution in [3.05, 3.63) is 131 Å². The first-order chi connectivity index (χ1) is 50.6. The molecule has 4 bridgehead atoms. The second-order valence-electron chi connectivity index (χ2n) is 24.9. The minimum Gasteiger partial charge on any atom is -0.508 e. The summed E-state index contributed by atoms with van der Waals surface area (Å²) in [6.45, 7) is 32.3. The average Bonchev–Trinajstić information content (AvgIpc) is 1.63. The molecular weight excluding hydrogens is 1480 g/mol. The highest BCUT2D eigenvalue weighted by Gasteiger charge is 2.66. The Morgan fingerprint density at radius 2 is 0.673 bits per heavy atom. The molecule has 0 aromatic heterocycles. The van der Waals surface area contributed by atoms with E-state index in [9.17, 15) is 53.1 Å². The largest absolute Gasteiger partial charge is 0.508 e. The van der Waals surface area contributed by atoms with Gasteiger partial charge >= 0.3 is 58.9 Å². The number of phenolic OH excluding ortho intramolecular Hbond substituents is 1. The van der Waals surface area contributed by atoms with Crippen LogP contribution in [0.1, 0.15) is 179 Å². The molecular formula is C73H118N6O22Si6. The van der Waals surface area contributed by atoms with Crippen molar-refractivity contribution >= 4 is 89.3 Å². The van der Waals surface area contributed by atoms with E-state index in [0.29, 0.717) is 43.6 Å². The summed E-state index contributed by atoms with van der Waals surface area (Å²) in [5.74, 6) is 0.699. The summed E-state index contributed by atoms with van der Waals surface area (Å²) in [6, 6.07) is 35.9. The number of hydrogen-bond donors (Lipinski definition) is 6. The number of aliphatic imine (C=N–C) groups is 5. The number of phenols is 1. The van der Waals surface area contributed by atoms with Crippen LogP contribution < -0.4 is 10.1 Å². The van der Waals surface area contributed by atoms with Crippen LogP contribution in [0.4, 0.5) is 4.79 Å². The van der Waals surface area contributed by atoms with Gasteiger partial charge in [-0.3, -0.25) is 0 Å². The number of nitrogens with one attached hydrogen (secondary N) is 1. The molecule has 1 amide bonds. The Hall–Kier alpha value is -6.41. The fourth-order valence-electron chi connectivity index (χ4n) is 11.6. The highest BCUT2D eigenvalue weighted by molar-refractivity contribution is 6.81. The molecule has 0 aliphatic carbocycles. The second-order valence-corrected chi connectivity index (χ2v) is 41.1. The van der Waals surface area contributed by atoms with E-state index in [0.717, 1.165) is 5.56 Å². The maximum Gasteiger partial charge on any atom is 0.491 e. The quantitative estimate of drug-likeness (QED) is 0.0127. The third kappa shape index (κ3) is 32.6. The Morgan fingerprint density at radius 3 is 0.963 bits per heavy atom. The topological polar surface area (TPSA) is 379 Å². The maximum atomic E-state index is 12.6. The number of ether oxygens (including phenoxy) is 1. The first kappa shape index (κ1) is 98.6. The lowest BCUT2D eigenvalue weighted by molar-refractivity contribution is -0.0217. The van der Waals surface area contributed by atoms with Gasteiger partial charge in [0.25, 0.3) is 0 Å². The van der Waals surface area contributed by atoms with Crippen molar-refractivity contribution in [1.82, 2.24) is 5.32 Å². The number of amides is 1. The van der Waals surface area contributed by atoms with Gasteiger partial charge in [-0.05, 0) is 113 Å². The molecule has 0 saturated carbocycles. The molecule has 6 N–H and O–H groups in total. The molecule has 4 aromatic carbocycles. The lowest BCUT2D eigenvalue weighted by atomic mass is 9.78. The Labute approximate surface area is 639 Å². The van der Waals surface area contributed by atoms with Crippen molar-refractivity contribution in [2.24, 2.45) is 25.0 Å². The number of aromatic hydroxyl groups is 1. The van der Waals surface area contributed by atoms with E-state index < -0.39 is 95.5 Å². The summed E-state index contributed by atoms with van der Waals surface area (Å²) in [5, 5.41) is 12.0. The van der Waals surface area contributed by atoms with Crippen LogP contribution in [0, 0.1) is 0 Å². The van der Waals surface area contributed by atoms with Gasteiger partial charge in [-0.2, -0.15) is 0 Å². The SMILES string of the molecule is C.CC.CC.CC.CC.CC(C)(c1ccccc1)c1ccc(O)cc1.CC1O[Si](O)(CCCN=C=O)O[Si]2(CCCN=C=O)OC1C(C)O[Si](O)(CCCN=C=O)O2.CC1O[Si](O)(CCCN=C=O)O[Si]2(CCCN=C=O)OC1C(C)O[Si](O)(CCCNC(=O)Oc1ccc(C(C)(C)c3ccccc3)cc1)O2. The smallest absolute Gasteiger partial charge is 0.491 e. The third-order valence-corrected chi connectivity index (χ3v) is 36.8. The number of fused-ring (bicyclic) bond motifs is 4. The molecule has 34 heteroatoms. The predicted octanol–water partition coefficient (Wildman–Crippen LogP) is 12.7. The molecule has 4 aromatic rings. The lowest BCUT2D eigenvalue weighted by Crippen LogP contribution is -2.61. The Balaban J connectivity index is 0.000000846. The van der Waals surface area contributed by atoms with Gasteiger partial charge < -0.3 is 77.4 Å². The fourth-order valence-corrected chi connectivity index (χ4v) is 34.0. The molecule has 4 aliphatic rings. The summed E-state index contributed by atoms with van der Waals surface area (Å²) in [6.07, 6.45) is 4.36. The van der Waals surface area contributed by atoms with Crippen molar-refractivity contribution in [3.63, 3.8) is 0 Å². The van der Waals surface area contributed by atoms with Crippen LogP contribution in [0.15, 0.2) is 134 Å². The summed E-state index contributed by atoms with van der Waals surface area (Å²) in [7, 11) is -23.5. The highest BCUT2D eigenvalue weighted by atomic mass is 28.5. The zero-order valence-corrected chi connectivity index (χ0v) is 70.5. The van der Waals surface area contributed by atoms with Crippen LogP contribution in [-0.2, 0) is 77.8 Å². The average molecular weight is 1600 g/mol. The van der Waals surface area contributed by atoms with Crippen LogP contribution >= 0.6 is 0 Å². The van der Waals surface area contributed by atoms with Crippen molar-refractivity contribution in [3.8, 4) is 11.5 Å². The van der Waals surface area contributed by atoms with Gasteiger partial charge in [0.1, 0.15) is 11.5 Å². The van der Waals surface area contributed by atoms with Crippen molar-refractivity contribution in [1.29, 1.82) is 0 Å². The van der Waals surface area contributed by atoms with E-state index in [-0.39, 0.29) is 100 Å². The lowest BCUT2D eigenvalue weighted by Gasteiger charge is -2.36. The summed E-state index contributed by atoms with van der Waals surface area (Å²) < 4.78 is 67.0. The Morgan fingerprint density at radius 1 is 0.411 bits per heavy atom. The number of rotatable bonds is 29. The molecule has 10 unspecified atom stereocenters. The van der Waals surface area contributed by atoms with E-state index in [1.807, 2.05) is 104 Å². The molecule has 28 nitrogen and oxygen atoms in total. The van der Waals surface area contributed by atoms with E-state index in [1.165, 1.54) is 47.1 Å². The number of carbonyl (C=O) groups excluding carboxylic acids is 6. The van der Waals surface area contributed by atoms with Gasteiger partial charge in [-0.15, -0.1) is 0 Å². The fraction of sp³-hybridized carbons (Fsp3) is 0.589. The van der Waals surface area contributed by atoms with Crippen molar-refractivity contribution in [2.75, 3.05) is 39.3 Å². The Bertz CT molecular complexity index is 3380. The number of isocyanates is 5. The van der Waals surface area contributed by atoms with Gasteiger partial charge in [0, 0.05) is 53.6 Å². The van der Waals surface area contributed by atoms with Gasteiger partial charge in [0.05, 0.1) is 69.3 Å². The van der Waals surface area contributed by atoms with Gasteiger partial charge in [-0.1, -0.05) is 175 Å². The minimum atomic E-state index is -4.04. The zero-order valence-electron chi connectivity index (χ0n) is 64.5. The monoisotopic (exact) mass is 1600 g/mol. The van der Waals surface area contributed by atoms with Crippen LogP contribution in [0.3, 0.4) is 0 Å². The Kier molecular flexibility index (Phi) is 46.4. The summed E-state index contributed by atoms with van der Waals surface area (Å²) in [5.41, 5.74) is 4.46. The summed E-state index contributed by atoms with van der Waals surface area (Å²) in [4.78, 5) is 129. The van der Waals surface area contributed by atoms with Crippen molar-refractivity contribution in [2.45, 2.75) is 240 Å². The van der Waals surface area contributed by atoms with Crippen LogP contribution in [0.2, 0.25) is 36.3 Å². The third-order valence-electron chi connectivity index (χ3n) is 16.6. The molecule has 10 atom stereocenters. The molecule has 107 heavy (non-hydrogen) atoms. The van der Waals surface area contributed by atoms with Gasteiger partial charge in [0.15, 0.2) is 0 Å². The maximum absolute atomic E-state index is 12.6. The molecule has 4 heterocycles. The van der Waals surface area contributed by atoms with E-state index in [2.05, 4.69) is 94.4 Å². The highest BCUT2D eigenvalue weighted by Crippen LogP contribution is 2.42. The molecule has 4 saturated heterocycles. The van der Waals surface area contributed by atoms with Crippen LogP contribution in [0.25, 0.3) is 0 Å². The first-order valence-corrected chi connectivity index (χ1v) is 48.3. The second kappa shape index (κ2) is 50.4. The molecule has 4 fully saturated rings. The predicted molar refractivity (Wildman–Crippen MR) is 419 cm³/mol. The standard InChI is InChI=1S/C32H45N3O11Si3.C17H29N3O10Si3.C15H16O.4C2H6.CH4/c1-25-30-26(2)43-48(40,46-49(44-30,22-9-18-34-24-37)45-47(39,42-25)20-8-17-33-23-36)21-10-19-35-31(38)41-29-15-13-28(14-16-29)32(3,4)27-11-6-5-7-12-27;1-15-17-16(2)27-32(25,10-4-7-19-13-22)30-33(28-17,11-5-8-20-14-23)29-31(24,26-15)9-3-6-18-12-21;1-15(2,12-6-4-3-5-7-12)13-8-10-14(16)11-9-13;4*1-2;/h5-7,11-16,25-26,30,39-40H,8-10,17-22H2,1-4H3,(H,35,38);15-17,24-25H,3-11H2,1-2H3;3-11,16H,1-2H3;4*1-2H3;1H4. The first-order valence-electron chi connectivity index (χ1n) is 36.6. The molecule has 8 rings (SSSR count). The molecule has 0 spiro atoms. The zero-order chi connectivity index (χ0) is 79.5. The molecule has 596 valence electrons. The van der Waals surface area contributed by atoms with E-state index >= 15 is 0 Å². The van der Waals surface area contributed by atoms with Crippen LogP contribution in [0.5, 0.6) is 11.5 Å². The number of benzene rings is 4. The van der Waals surface area contributed by atoms with E-state index in [4.69, 9.17) is 47.8 Å². The van der Waals surface area contributed by atoms with Gasteiger partial charge in [0.2, 0.25) is 30.4 Å². The number of hydrogen-bond acceptors (Lipinski definition) is 27. The molecule has 4 aliphatic heterocycles. The van der Waals surface area contributed by atoms with Crippen LogP contribution in [-0.4, -0.2) is 190 Å². The minimum absolute atomic E-state index is 0. The van der Waals surface area contributed by atoms with E-state index in [1.54, 1.807) is 52.0 Å². The van der Waals surface area contributed by atoms with Crippen molar-refractivity contribution < 1.29 is 101 Å². The summed E-state index contributed by atoms with van der Waals surface area (Å²) >= 11 is 0. The van der Waals surface area contributed by atoms with Gasteiger partial charge in [-0.25, -0.2) is 53.7 Å².